The Morgan fingerprint density at radius 3 is 2.40 bits per heavy atom. The number of amides is 2. The highest BCUT2D eigenvalue weighted by Gasteiger charge is 2.09. The van der Waals surface area contributed by atoms with E-state index in [0.717, 1.165) is 5.56 Å². The predicted octanol–water partition coefficient (Wildman–Crippen LogP) is 5.84. The Morgan fingerprint density at radius 1 is 0.886 bits per heavy atom. The van der Waals surface area contributed by atoms with E-state index in [9.17, 15) is 9.59 Å². The molecule has 0 atom stereocenters. The van der Waals surface area contributed by atoms with E-state index < -0.39 is 0 Å². The number of nitrogens with zero attached hydrogens (tertiary/aromatic N) is 1. The van der Waals surface area contributed by atoms with Crippen molar-refractivity contribution in [3.05, 3.63) is 87.9 Å². The van der Waals surface area contributed by atoms with E-state index >= 15 is 0 Å². The summed E-state index contributed by atoms with van der Waals surface area (Å²) < 4.78 is 11.6. The Labute approximate surface area is 214 Å². The number of nitrogens with one attached hydrogen (secondary N) is 2. The first-order valence-electron chi connectivity index (χ1n) is 10.9. The molecule has 0 aliphatic heterocycles. The van der Waals surface area contributed by atoms with Crippen molar-refractivity contribution in [1.29, 1.82) is 0 Å². The highest BCUT2D eigenvalue weighted by atomic mass is 35.5. The van der Waals surface area contributed by atoms with Gasteiger partial charge in [-0.1, -0.05) is 41.4 Å². The maximum Gasteiger partial charge on any atom is 0.240 e. The van der Waals surface area contributed by atoms with Gasteiger partial charge in [0, 0.05) is 28.6 Å². The summed E-state index contributed by atoms with van der Waals surface area (Å²) >= 11 is 11.8. The second kappa shape index (κ2) is 13.4. The molecule has 0 spiro atoms. The van der Waals surface area contributed by atoms with Crippen LogP contribution in [0.5, 0.6) is 11.5 Å². The van der Waals surface area contributed by atoms with E-state index in [-0.39, 0.29) is 24.7 Å². The summed E-state index contributed by atoms with van der Waals surface area (Å²) in [6.07, 6.45) is 1.50. The first-order chi connectivity index (χ1) is 16.9. The van der Waals surface area contributed by atoms with Crippen molar-refractivity contribution in [2.75, 3.05) is 11.9 Å². The summed E-state index contributed by atoms with van der Waals surface area (Å²) in [5.41, 5.74) is 4.69. The number of ether oxygens (including phenoxy) is 2. The molecule has 9 heteroatoms. The van der Waals surface area contributed by atoms with Gasteiger partial charge in [0.2, 0.25) is 11.8 Å². The Bertz CT molecular complexity index is 1180. The van der Waals surface area contributed by atoms with Crippen molar-refractivity contribution in [1.82, 2.24) is 5.43 Å². The van der Waals surface area contributed by atoms with Crippen LogP contribution in [0.4, 0.5) is 5.69 Å². The van der Waals surface area contributed by atoms with E-state index in [1.807, 2.05) is 31.2 Å². The molecule has 0 saturated carbocycles. The van der Waals surface area contributed by atoms with Gasteiger partial charge in [-0.3, -0.25) is 9.59 Å². The number of benzene rings is 3. The average molecular weight is 514 g/mol. The third-order valence-electron chi connectivity index (χ3n) is 4.67. The fraction of sp³-hybridized carbons (Fsp3) is 0.192. The topological polar surface area (TPSA) is 89.0 Å². The minimum Gasteiger partial charge on any atom is -0.490 e. The lowest BCUT2D eigenvalue weighted by molar-refractivity contribution is -0.124. The maximum atomic E-state index is 12.0. The molecule has 0 heterocycles. The Balaban J connectivity index is 1.49. The standard InChI is InChI=1S/C26H25Cl2N3O4/c1-2-34-24-14-19(8-11-23(24)35-17-18-6-9-20(27)10-7-18)16-29-31-26(33)13-12-25(32)30-22-5-3-4-21(28)15-22/h3-11,14-16H,2,12-13,17H2,1H3,(H,30,32)(H,31,33). The molecular formula is C26H25Cl2N3O4. The second-order valence-corrected chi connectivity index (χ2v) is 8.28. The molecule has 0 fully saturated rings. The smallest absolute Gasteiger partial charge is 0.240 e. The van der Waals surface area contributed by atoms with E-state index in [4.69, 9.17) is 32.7 Å². The molecule has 3 aromatic carbocycles. The highest BCUT2D eigenvalue weighted by molar-refractivity contribution is 6.31. The van der Waals surface area contributed by atoms with Gasteiger partial charge >= 0.3 is 0 Å². The predicted molar refractivity (Wildman–Crippen MR) is 138 cm³/mol. The van der Waals surface area contributed by atoms with Crippen LogP contribution in [-0.4, -0.2) is 24.6 Å². The molecule has 0 unspecified atom stereocenters. The molecule has 0 saturated heterocycles. The molecule has 7 nitrogen and oxygen atoms in total. The Hall–Kier alpha value is -3.55. The molecule has 3 rings (SSSR count). The monoisotopic (exact) mass is 513 g/mol. The van der Waals surface area contributed by atoms with Crippen molar-refractivity contribution >= 4 is 46.9 Å². The normalized spacial score (nSPS) is 10.7. The van der Waals surface area contributed by atoms with Gasteiger partial charge < -0.3 is 14.8 Å². The first kappa shape index (κ1) is 26.1. The van der Waals surface area contributed by atoms with Gasteiger partial charge in [-0.2, -0.15) is 5.10 Å². The van der Waals surface area contributed by atoms with Gasteiger partial charge in [-0.25, -0.2) is 5.43 Å². The molecule has 35 heavy (non-hydrogen) atoms. The van der Waals surface area contributed by atoms with Crippen LogP contribution in [0.2, 0.25) is 10.0 Å². The number of hydrogen-bond donors (Lipinski definition) is 2. The fourth-order valence-electron chi connectivity index (χ4n) is 2.99. The lowest BCUT2D eigenvalue weighted by Crippen LogP contribution is -2.20. The molecule has 0 aliphatic rings. The molecular weight excluding hydrogens is 489 g/mol. The minimum atomic E-state index is -0.379. The third-order valence-corrected chi connectivity index (χ3v) is 5.15. The Morgan fingerprint density at radius 2 is 1.66 bits per heavy atom. The van der Waals surface area contributed by atoms with Gasteiger partial charge in [-0.15, -0.1) is 0 Å². The maximum absolute atomic E-state index is 12.0. The fourth-order valence-corrected chi connectivity index (χ4v) is 3.30. The van der Waals surface area contributed by atoms with Crippen LogP contribution in [0.25, 0.3) is 0 Å². The number of hydrogen-bond acceptors (Lipinski definition) is 5. The lowest BCUT2D eigenvalue weighted by atomic mass is 10.2. The number of halogens is 2. The van der Waals surface area contributed by atoms with Crippen molar-refractivity contribution < 1.29 is 19.1 Å². The van der Waals surface area contributed by atoms with Gasteiger partial charge in [0.25, 0.3) is 0 Å². The zero-order valence-corrected chi connectivity index (χ0v) is 20.6. The van der Waals surface area contributed by atoms with Crippen LogP contribution in [0, 0.1) is 0 Å². The van der Waals surface area contributed by atoms with Crippen LogP contribution in [0.15, 0.2) is 71.8 Å². The van der Waals surface area contributed by atoms with E-state index in [2.05, 4.69) is 15.8 Å². The minimum absolute atomic E-state index is 0.00852. The molecule has 0 aliphatic carbocycles. The summed E-state index contributed by atoms with van der Waals surface area (Å²) in [4.78, 5) is 24.0. The molecule has 0 radical (unpaired) electrons. The van der Waals surface area contributed by atoms with Gasteiger partial charge in [-0.05, 0) is 66.6 Å². The van der Waals surface area contributed by atoms with Crippen LogP contribution >= 0.6 is 23.2 Å². The van der Waals surface area contributed by atoms with Crippen LogP contribution < -0.4 is 20.2 Å². The van der Waals surface area contributed by atoms with Crippen molar-refractivity contribution in [3.63, 3.8) is 0 Å². The number of rotatable bonds is 11. The van der Waals surface area contributed by atoms with E-state index in [0.29, 0.717) is 46.0 Å². The number of hydrazone groups is 1. The van der Waals surface area contributed by atoms with Gasteiger partial charge in [0.15, 0.2) is 11.5 Å². The zero-order valence-electron chi connectivity index (χ0n) is 19.1. The van der Waals surface area contributed by atoms with Gasteiger partial charge in [0.05, 0.1) is 12.8 Å². The lowest BCUT2D eigenvalue weighted by Gasteiger charge is -2.12. The number of anilines is 1. The summed E-state index contributed by atoms with van der Waals surface area (Å²) in [5, 5.41) is 7.84. The summed E-state index contributed by atoms with van der Waals surface area (Å²) in [5.74, 6) is 0.487. The first-order valence-corrected chi connectivity index (χ1v) is 11.7. The van der Waals surface area contributed by atoms with Crippen molar-refractivity contribution in [2.45, 2.75) is 26.4 Å². The molecule has 2 N–H and O–H groups in total. The van der Waals surface area contributed by atoms with E-state index in [1.165, 1.54) is 6.21 Å². The summed E-state index contributed by atoms with van der Waals surface area (Å²) in [6.45, 7) is 2.71. The van der Waals surface area contributed by atoms with Gasteiger partial charge in [0.1, 0.15) is 6.61 Å². The highest BCUT2D eigenvalue weighted by Crippen LogP contribution is 2.29. The van der Waals surface area contributed by atoms with Crippen LogP contribution in [-0.2, 0) is 16.2 Å². The SMILES string of the molecule is CCOc1cc(C=NNC(=O)CCC(=O)Nc2cccc(Cl)c2)ccc1OCc1ccc(Cl)cc1. The third kappa shape index (κ3) is 8.96. The second-order valence-electron chi connectivity index (χ2n) is 7.41. The largest absolute Gasteiger partial charge is 0.490 e. The number of carbonyl (C=O) groups is 2. The summed E-state index contributed by atoms with van der Waals surface area (Å²) in [7, 11) is 0. The van der Waals surface area contributed by atoms with E-state index in [1.54, 1.807) is 42.5 Å². The quantitative estimate of drug-likeness (QED) is 0.249. The Kier molecular flexibility index (Phi) is 9.95. The molecule has 182 valence electrons. The number of carbonyl (C=O) groups excluding carboxylic acids is 2. The van der Waals surface area contributed by atoms with Crippen LogP contribution in [0.3, 0.4) is 0 Å². The zero-order chi connectivity index (χ0) is 25.0. The molecule has 0 bridgehead atoms. The van der Waals surface area contributed by atoms with Crippen molar-refractivity contribution in [2.24, 2.45) is 5.10 Å². The average Bonchev–Trinajstić information content (AvgIpc) is 2.83. The molecule has 3 aromatic rings. The van der Waals surface area contributed by atoms with Crippen LogP contribution in [0.1, 0.15) is 30.9 Å². The van der Waals surface area contributed by atoms with Crippen molar-refractivity contribution in [3.8, 4) is 11.5 Å². The summed E-state index contributed by atoms with van der Waals surface area (Å²) in [6, 6.07) is 19.6. The molecule has 2 amide bonds. The molecule has 0 aromatic heterocycles.